The number of primary amides is 1. The van der Waals surface area contributed by atoms with Crippen molar-refractivity contribution in [2.24, 2.45) is 5.73 Å². The van der Waals surface area contributed by atoms with Crippen molar-refractivity contribution >= 4 is 11.8 Å². The van der Waals surface area contributed by atoms with E-state index in [1.54, 1.807) is 0 Å². The highest BCUT2D eigenvalue weighted by atomic mass is 16.1. The van der Waals surface area contributed by atoms with Crippen LogP contribution in [0.3, 0.4) is 0 Å². The van der Waals surface area contributed by atoms with Crippen LogP contribution in [0.15, 0.2) is 30.3 Å². The Labute approximate surface area is 108 Å². The van der Waals surface area contributed by atoms with Crippen molar-refractivity contribution in [1.29, 1.82) is 0 Å². The van der Waals surface area contributed by atoms with Crippen LogP contribution in [0.1, 0.15) is 31.2 Å². The van der Waals surface area contributed by atoms with Crippen LogP contribution in [0.5, 0.6) is 0 Å². The number of hydrogen-bond donors (Lipinski definition) is 2. The van der Waals surface area contributed by atoms with Gasteiger partial charge in [-0.1, -0.05) is 36.8 Å². The Morgan fingerprint density at radius 2 is 1.78 bits per heavy atom. The predicted octanol–water partition coefficient (Wildman–Crippen LogP) is 1.39. The van der Waals surface area contributed by atoms with Gasteiger partial charge in [-0.2, -0.15) is 0 Å². The van der Waals surface area contributed by atoms with Crippen molar-refractivity contribution in [2.45, 2.75) is 32.1 Å². The summed E-state index contributed by atoms with van der Waals surface area (Å²) in [5, 5.41) is 2.86. The van der Waals surface area contributed by atoms with Crippen molar-refractivity contribution in [3.63, 3.8) is 0 Å². The zero-order valence-corrected chi connectivity index (χ0v) is 10.5. The summed E-state index contributed by atoms with van der Waals surface area (Å²) in [6.07, 6.45) is 3.44. The third kappa shape index (κ3) is 6.68. The van der Waals surface area contributed by atoms with Crippen LogP contribution in [0.25, 0.3) is 0 Å². The molecule has 0 saturated heterocycles. The highest BCUT2D eigenvalue weighted by molar-refractivity contribution is 5.78. The molecule has 0 heterocycles. The minimum absolute atomic E-state index is 0.0381. The van der Waals surface area contributed by atoms with E-state index in [0.29, 0.717) is 19.4 Å². The van der Waals surface area contributed by atoms with Gasteiger partial charge < -0.3 is 11.1 Å². The van der Waals surface area contributed by atoms with Crippen molar-refractivity contribution in [3.05, 3.63) is 35.9 Å². The van der Waals surface area contributed by atoms with Crippen molar-refractivity contribution in [3.8, 4) is 0 Å². The van der Waals surface area contributed by atoms with E-state index in [1.807, 2.05) is 30.3 Å². The summed E-state index contributed by atoms with van der Waals surface area (Å²) in [5.41, 5.74) is 6.05. The summed E-state index contributed by atoms with van der Waals surface area (Å²) in [4.78, 5) is 22.1. The number of benzene rings is 1. The zero-order chi connectivity index (χ0) is 13.2. The molecule has 2 amide bonds. The van der Waals surface area contributed by atoms with Crippen LogP contribution in [-0.2, 0) is 16.0 Å². The lowest BCUT2D eigenvalue weighted by Gasteiger charge is -2.05. The second-order valence-corrected chi connectivity index (χ2v) is 4.29. The Balaban J connectivity index is 2.05. The van der Waals surface area contributed by atoms with Crippen LogP contribution in [0.4, 0.5) is 0 Å². The number of carbonyl (C=O) groups is 2. The summed E-state index contributed by atoms with van der Waals surface area (Å²) in [5.74, 6) is -0.223. The molecule has 0 saturated carbocycles. The molecule has 0 aliphatic rings. The summed E-state index contributed by atoms with van der Waals surface area (Å²) in [6, 6.07) is 9.65. The lowest BCUT2D eigenvalue weighted by Crippen LogP contribution is -2.26. The highest BCUT2D eigenvalue weighted by Crippen LogP contribution is 2.00. The van der Waals surface area contributed by atoms with E-state index in [0.717, 1.165) is 24.8 Å². The number of nitrogens with one attached hydrogen (secondary N) is 1. The molecule has 3 N–H and O–H groups in total. The molecule has 18 heavy (non-hydrogen) atoms. The number of hydrogen-bond acceptors (Lipinski definition) is 2. The quantitative estimate of drug-likeness (QED) is 0.682. The molecule has 1 aromatic rings. The molecule has 4 heteroatoms. The second kappa shape index (κ2) is 8.28. The number of rotatable bonds is 8. The predicted molar refractivity (Wildman–Crippen MR) is 70.8 cm³/mol. The molecule has 0 radical (unpaired) electrons. The first-order valence-electron chi connectivity index (χ1n) is 6.27. The minimum atomic E-state index is -0.261. The molecule has 0 fully saturated rings. The summed E-state index contributed by atoms with van der Waals surface area (Å²) < 4.78 is 0. The van der Waals surface area contributed by atoms with E-state index in [2.05, 4.69) is 5.32 Å². The van der Waals surface area contributed by atoms with Crippen LogP contribution in [-0.4, -0.2) is 18.4 Å². The van der Waals surface area contributed by atoms with Crippen LogP contribution < -0.4 is 11.1 Å². The van der Waals surface area contributed by atoms with Gasteiger partial charge in [-0.15, -0.1) is 0 Å². The van der Waals surface area contributed by atoms with Gasteiger partial charge in [-0.3, -0.25) is 9.59 Å². The van der Waals surface area contributed by atoms with Gasteiger partial charge in [0.25, 0.3) is 0 Å². The van der Waals surface area contributed by atoms with E-state index in [1.165, 1.54) is 0 Å². The molecule has 0 unspecified atom stereocenters. The van der Waals surface area contributed by atoms with E-state index >= 15 is 0 Å². The first-order chi connectivity index (χ1) is 8.68. The fourth-order valence-corrected chi connectivity index (χ4v) is 1.67. The molecule has 0 aromatic heterocycles. The topological polar surface area (TPSA) is 72.2 Å². The molecule has 98 valence electrons. The van der Waals surface area contributed by atoms with Crippen LogP contribution >= 0.6 is 0 Å². The highest BCUT2D eigenvalue weighted by Gasteiger charge is 2.01. The Bertz CT molecular complexity index is 377. The smallest absolute Gasteiger partial charge is 0.224 e. The van der Waals surface area contributed by atoms with Crippen LogP contribution in [0.2, 0.25) is 0 Å². The molecule has 0 aliphatic carbocycles. The maximum absolute atomic E-state index is 11.6. The molecule has 0 aliphatic heterocycles. The Kier molecular flexibility index (Phi) is 6.54. The van der Waals surface area contributed by atoms with E-state index in [9.17, 15) is 9.59 Å². The lowest BCUT2D eigenvalue weighted by molar-refractivity contribution is -0.120. The number of amides is 2. The SMILES string of the molecule is NC(=O)CCCCCNC(=O)Cc1ccccc1. The van der Waals surface area contributed by atoms with Gasteiger partial charge in [0.05, 0.1) is 6.42 Å². The Morgan fingerprint density at radius 1 is 1.06 bits per heavy atom. The zero-order valence-electron chi connectivity index (χ0n) is 10.5. The lowest BCUT2D eigenvalue weighted by atomic mass is 10.1. The van der Waals surface area contributed by atoms with Gasteiger partial charge in [0.2, 0.25) is 11.8 Å². The normalized spacial score (nSPS) is 10.0. The Hall–Kier alpha value is -1.84. The number of carbonyl (C=O) groups excluding carboxylic acids is 2. The minimum Gasteiger partial charge on any atom is -0.370 e. The number of nitrogens with two attached hydrogens (primary N) is 1. The van der Waals surface area contributed by atoms with Gasteiger partial charge in [-0.05, 0) is 18.4 Å². The first-order valence-corrected chi connectivity index (χ1v) is 6.27. The van der Waals surface area contributed by atoms with Gasteiger partial charge in [0.1, 0.15) is 0 Å². The fraction of sp³-hybridized carbons (Fsp3) is 0.429. The van der Waals surface area contributed by atoms with Gasteiger partial charge in [-0.25, -0.2) is 0 Å². The van der Waals surface area contributed by atoms with Gasteiger partial charge in [0.15, 0.2) is 0 Å². The average Bonchev–Trinajstić information content (AvgIpc) is 2.34. The number of unbranched alkanes of at least 4 members (excludes halogenated alkanes) is 2. The average molecular weight is 248 g/mol. The summed E-state index contributed by atoms with van der Waals surface area (Å²) in [6.45, 7) is 0.657. The van der Waals surface area contributed by atoms with Crippen LogP contribution in [0, 0.1) is 0 Å². The molecule has 1 aromatic carbocycles. The second-order valence-electron chi connectivity index (χ2n) is 4.29. The summed E-state index contributed by atoms with van der Waals surface area (Å²) >= 11 is 0. The molecule has 4 nitrogen and oxygen atoms in total. The molecule has 0 atom stereocenters. The molecule has 0 spiro atoms. The Morgan fingerprint density at radius 3 is 2.44 bits per heavy atom. The molecular weight excluding hydrogens is 228 g/mol. The molecular formula is C14H20N2O2. The third-order valence-electron chi connectivity index (χ3n) is 2.63. The molecule has 1 rings (SSSR count). The molecule has 0 bridgehead atoms. The van der Waals surface area contributed by atoms with Crippen molar-refractivity contribution < 1.29 is 9.59 Å². The van der Waals surface area contributed by atoms with Crippen molar-refractivity contribution in [1.82, 2.24) is 5.32 Å². The maximum atomic E-state index is 11.6. The van der Waals surface area contributed by atoms with E-state index in [-0.39, 0.29) is 11.8 Å². The summed E-state index contributed by atoms with van der Waals surface area (Å²) in [7, 11) is 0. The van der Waals surface area contributed by atoms with E-state index in [4.69, 9.17) is 5.73 Å². The first kappa shape index (κ1) is 14.2. The van der Waals surface area contributed by atoms with E-state index < -0.39 is 0 Å². The van der Waals surface area contributed by atoms with Gasteiger partial charge >= 0.3 is 0 Å². The standard InChI is InChI=1S/C14H20N2O2/c15-13(17)9-5-2-6-10-16-14(18)11-12-7-3-1-4-8-12/h1,3-4,7-8H,2,5-6,9-11H2,(H2,15,17)(H,16,18). The largest absolute Gasteiger partial charge is 0.370 e. The third-order valence-corrected chi connectivity index (χ3v) is 2.63. The maximum Gasteiger partial charge on any atom is 0.224 e. The van der Waals surface area contributed by atoms with Crippen molar-refractivity contribution in [2.75, 3.05) is 6.54 Å². The van der Waals surface area contributed by atoms with Gasteiger partial charge in [0, 0.05) is 13.0 Å². The fourth-order valence-electron chi connectivity index (χ4n) is 1.67. The monoisotopic (exact) mass is 248 g/mol.